The van der Waals surface area contributed by atoms with Gasteiger partial charge in [0, 0.05) is 42.8 Å². The fourth-order valence-corrected chi connectivity index (χ4v) is 5.59. The molecule has 0 amide bonds. The number of piperazine rings is 1. The minimum atomic E-state index is -0.843. The zero-order valence-electron chi connectivity index (χ0n) is 21.0. The molecule has 2 aromatic heterocycles. The lowest BCUT2D eigenvalue weighted by Crippen LogP contribution is -2.54. The number of aryl methyl sites for hydroxylation is 1. The molecule has 2 aromatic carbocycles. The zero-order valence-corrected chi connectivity index (χ0v) is 22.5. The van der Waals surface area contributed by atoms with E-state index in [1.807, 2.05) is 53.4 Å². The highest BCUT2D eigenvalue weighted by Crippen LogP contribution is 2.36. The third-order valence-electron chi connectivity index (χ3n) is 7.28. The second kappa shape index (κ2) is 10.7. The molecule has 38 heavy (non-hydrogen) atoms. The SMILES string of the molecule is [C-]#[N+]c1ccc2c(n1)c(N1CCN(C(c3ccc(Cl)cc3)c3ccc(Cl)cc3)[C@H](CC)C1)c(F)c(=O)n2C. The Morgan fingerprint density at radius 1 is 1.03 bits per heavy atom. The number of pyridine rings is 2. The Balaban J connectivity index is 1.57. The van der Waals surface area contributed by atoms with E-state index in [0.717, 1.165) is 17.5 Å². The van der Waals surface area contributed by atoms with E-state index in [4.69, 9.17) is 29.8 Å². The molecule has 5 rings (SSSR count). The Morgan fingerprint density at radius 3 is 2.18 bits per heavy atom. The minimum absolute atomic E-state index is 0.0441. The molecule has 1 aliphatic rings. The first kappa shape index (κ1) is 26.2. The molecule has 9 heteroatoms. The summed E-state index contributed by atoms with van der Waals surface area (Å²) in [6, 6.07) is 18.9. The van der Waals surface area contributed by atoms with E-state index in [9.17, 15) is 4.79 Å². The first-order valence-electron chi connectivity index (χ1n) is 12.4. The molecular formula is C29H26Cl2FN5O. The molecule has 194 valence electrons. The van der Waals surface area contributed by atoms with Crippen LogP contribution < -0.4 is 10.5 Å². The standard InChI is InChI=1S/C29H26Cl2FN5O/c1-4-22-17-36(28-25(32)29(38)35(3)23-13-14-24(33-2)34-26(23)28)15-16-37(22)27(18-5-9-20(30)10-6-18)19-7-11-21(31)12-8-19/h5-14,22,27H,4,15-17H2,1,3H3/t22-/m1/s1. The highest BCUT2D eigenvalue weighted by Gasteiger charge is 2.35. The van der Waals surface area contributed by atoms with Crippen molar-refractivity contribution in [1.29, 1.82) is 0 Å². The normalized spacial score (nSPS) is 16.2. The molecule has 3 heterocycles. The Labute approximate surface area is 230 Å². The number of hydrogen-bond donors (Lipinski definition) is 0. The van der Waals surface area contributed by atoms with E-state index in [0.29, 0.717) is 40.7 Å². The Hall–Kier alpha value is -3.44. The Bertz CT molecular complexity index is 1540. The summed E-state index contributed by atoms with van der Waals surface area (Å²) >= 11 is 12.4. The lowest BCUT2D eigenvalue weighted by Gasteiger charge is -2.46. The lowest BCUT2D eigenvalue weighted by molar-refractivity contribution is 0.134. The van der Waals surface area contributed by atoms with Crippen LogP contribution in [0.5, 0.6) is 0 Å². The fraction of sp³-hybridized carbons (Fsp3) is 0.276. The van der Waals surface area contributed by atoms with Gasteiger partial charge in [0.1, 0.15) is 5.69 Å². The predicted molar refractivity (Wildman–Crippen MR) is 151 cm³/mol. The van der Waals surface area contributed by atoms with Crippen LogP contribution in [-0.4, -0.2) is 40.1 Å². The van der Waals surface area contributed by atoms with Crippen LogP contribution in [0.4, 0.5) is 15.9 Å². The minimum Gasteiger partial charge on any atom is -0.363 e. The number of hydrogen-bond acceptors (Lipinski definition) is 4. The second-order valence-electron chi connectivity index (χ2n) is 9.43. The summed E-state index contributed by atoms with van der Waals surface area (Å²) in [6.07, 6.45) is 0.805. The second-order valence-corrected chi connectivity index (χ2v) is 10.3. The molecule has 1 fully saturated rings. The van der Waals surface area contributed by atoms with E-state index >= 15 is 4.39 Å². The van der Waals surface area contributed by atoms with E-state index in [-0.39, 0.29) is 23.6 Å². The van der Waals surface area contributed by atoms with Gasteiger partial charge < -0.3 is 14.3 Å². The molecule has 0 aliphatic carbocycles. The summed E-state index contributed by atoms with van der Waals surface area (Å²) in [7, 11) is 1.52. The summed E-state index contributed by atoms with van der Waals surface area (Å²) < 4.78 is 16.8. The van der Waals surface area contributed by atoms with E-state index in [1.165, 1.54) is 11.6 Å². The highest BCUT2D eigenvalue weighted by atomic mass is 35.5. The number of anilines is 1. The lowest BCUT2D eigenvalue weighted by atomic mass is 9.93. The quantitative estimate of drug-likeness (QED) is 0.262. The van der Waals surface area contributed by atoms with Gasteiger partial charge in [-0.15, -0.1) is 4.98 Å². The van der Waals surface area contributed by atoms with Crippen molar-refractivity contribution in [3.05, 3.63) is 109 Å². The Kier molecular flexibility index (Phi) is 7.40. The average molecular weight is 550 g/mol. The van der Waals surface area contributed by atoms with Crippen molar-refractivity contribution in [3.63, 3.8) is 0 Å². The largest absolute Gasteiger partial charge is 0.363 e. The van der Waals surface area contributed by atoms with Crippen molar-refractivity contribution < 1.29 is 4.39 Å². The van der Waals surface area contributed by atoms with Gasteiger partial charge in [0.15, 0.2) is 0 Å². The maximum Gasteiger partial charge on any atom is 0.289 e. The predicted octanol–water partition coefficient (Wildman–Crippen LogP) is 6.62. The molecule has 0 bridgehead atoms. The zero-order chi connectivity index (χ0) is 27.0. The van der Waals surface area contributed by atoms with E-state index in [2.05, 4.69) is 21.7 Å². The van der Waals surface area contributed by atoms with Gasteiger partial charge in [0.25, 0.3) is 11.4 Å². The number of fused-ring (bicyclic) bond motifs is 1. The molecule has 0 spiro atoms. The highest BCUT2D eigenvalue weighted by molar-refractivity contribution is 6.30. The molecule has 0 saturated carbocycles. The third-order valence-corrected chi connectivity index (χ3v) is 7.78. The summed E-state index contributed by atoms with van der Waals surface area (Å²) in [6.45, 7) is 11.1. The van der Waals surface area contributed by atoms with Gasteiger partial charge in [-0.05, 0) is 53.9 Å². The molecule has 0 N–H and O–H groups in total. The molecule has 1 aliphatic heterocycles. The Morgan fingerprint density at radius 2 is 1.63 bits per heavy atom. The molecule has 1 atom stereocenters. The van der Waals surface area contributed by atoms with Gasteiger partial charge in [-0.3, -0.25) is 9.69 Å². The molecule has 1 saturated heterocycles. The number of nitrogens with zero attached hydrogens (tertiary/aromatic N) is 5. The van der Waals surface area contributed by atoms with Crippen LogP contribution >= 0.6 is 23.2 Å². The summed E-state index contributed by atoms with van der Waals surface area (Å²) in [5.41, 5.74) is 2.47. The van der Waals surface area contributed by atoms with Crippen LogP contribution in [0.25, 0.3) is 15.9 Å². The van der Waals surface area contributed by atoms with Gasteiger partial charge in [-0.2, -0.15) is 4.39 Å². The van der Waals surface area contributed by atoms with E-state index in [1.54, 1.807) is 12.1 Å². The molecule has 4 aromatic rings. The van der Waals surface area contributed by atoms with Gasteiger partial charge in [-0.1, -0.05) is 61.0 Å². The monoisotopic (exact) mass is 549 g/mol. The molecule has 0 radical (unpaired) electrons. The summed E-state index contributed by atoms with van der Waals surface area (Å²) in [5, 5.41) is 1.33. The van der Waals surface area contributed by atoms with Crippen molar-refractivity contribution >= 4 is 45.7 Å². The van der Waals surface area contributed by atoms with Crippen LogP contribution in [0.3, 0.4) is 0 Å². The first-order valence-corrected chi connectivity index (χ1v) is 13.2. The van der Waals surface area contributed by atoms with Gasteiger partial charge in [0.2, 0.25) is 11.3 Å². The van der Waals surface area contributed by atoms with E-state index < -0.39 is 11.4 Å². The average Bonchev–Trinajstić information content (AvgIpc) is 2.94. The topological polar surface area (TPSA) is 45.7 Å². The van der Waals surface area contributed by atoms with Crippen molar-refractivity contribution in [2.75, 3.05) is 24.5 Å². The first-order chi connectivity index (χ1) is 18.3. The maximum atomic E-state index is 15.6. The van der Waals surface area contributed by atoms with Gasteiger partial charge in [0.05, 0.1) is 11.6 Å². The summed E-state index contributed by atoms with van der Waals surface area (Å²) in [5.74, 6) is -0.682. The van der Waals surface area contributed by atoms with Crippen LogP contribution in [0, 0.1) is 12.4 Å². The van der Waals surface area contributed by atoms with Crippen LogP contribution in [-0.2, 0) is 7.05 Å². The van der Waals surface area contributed by atoms with Crippen molar-refractivity contribution in [2.45, 2.75) is 25.4 Å². The number of rotatable bonds is 5. The third kappa shape index (κ3) is 4.76. The van der Waals surface area contributed by atoms with Gasteiger partial charge in [-0.25, -0.2) is 0 Å². The molecular weight excluding hydrogens is 524 g/mol. The van der Waals surface area contributed by atoms with Crippen LogP contribution in [0.2, 0.25) is 10.0 Å². The molecule has 6 nitrogen and oxygen atoms in total. The van der Waals surface area contributed by atoms with Crippen molar-refractivity contribution in [1.82, 2.24) is 14.5 Å². The number of aromatic nitrogens is 2. The van der Waals surface area contributed by atoms with Gasteiger partial charge >= 0.3 is 0 Å². The fourth-order valence-electron chi connectivity index (χ4n) is 5.34. The molecule has 0 unspecified atom stereocenters. The number of halogens is 3. The van der Waals surface area contributed by atoms with Crippen molar-refractivity contribution in [3.8, 4) is 0 Å². The van der Waals surface area contributed by atoms with Crippen LogP contribution in [0.15, 0.2) is 65.5 Å². The summed E-state index contributed by atoms with van der Waals surface area (Å²) in [4.78, 5) is 24.9. The van der Waals surface area contributed by atoms with Crippen molar-refractivity contribution in [2.24, 2.45) is 7.05 Å². The van der Waals surface area contributed by atoms with Crippen LogP contribution in [0.1, 0.15) is 30.5 Å². The maximum absolute atomic E-state index is 15.6. The smallest absolute Gasteiger partial charge is 0.289 e. The number of benzene rings is 2.